The predicted molar refractivity (Wildman–Crippen MR) is 95.8 cm³/mol. The molecule has 0 spiro atoms. The molecule has 0 aromatic heterocycles. The molecule has 0 aliphatic carbocycles. The lowest BCUT2D eigenvalue weighted by atomic mass is 9.79. The summed E-state index contributed by atoms with van der Waals surface area (Å²) in [6.45, 7) is 10.4. The van der Waals surface area contributed by atoms with Crippen molar-refractivity contribution in [3.05, 3.63) is 0 Å². The molecule has 2 N–H and O–H groups in total. The fraction of sp³-hybridized carbons (Fsp3) is 0.929. The van der Waals surface area contributed by atoms with Gasteiger partial charge in [0.2, 0.25) is 0 Å². The van der Waals surface area contributed by atoms with Crippen LogP contribution in [0.2, 0.25) is 0 Å². The van der Waals surface area contributed by atoms with Crippen LogP contribution in [0.25, 0.3) is 0 Å². The molecule has 3 unspecified atom stereocenters. The van der Waals surface area contributed by atoms with Gasteiger partial charge in [-0.1, -0.05) is 20.8 Å². The third kappa shape index (κ3) is 7.84. The van der Waals surface area contributed by atoms with Gasteiger partial charge in [-0.3, -0.25) is 9.11 Å². The van der Waals surface area contributed by atoms with Gasteiger partial charge in [0, 0.05) is 12.1 Å². The predicted octanol–water partition coefficient (Wildman–Crippen LogP) is 2.03. The van der Waals surface area contributed by atoms with Gasteiger partial charge in [0.15, 0.2) is 4.93 Å². The third-order valence-electron chi connectivity index (χ3n) is 4.27. The summed E-state index contributed by atoms with van der Waals surface area (Å²) in [6, 6.07) is 0. The van der Waals surface area contributed by atoms with Crippen LogP contribution >= 0.6 is 0 Å². The number of hydrogen-bond donors (Lipinski definition) is 2. The zero-order valence-electron chi connectivity index (χ0n) is 15.8. The first kappa shape index (κ1) is 25.2. The Balaban J connectivity index is 5.59. The molecule has 12 heteroatoms. The van der Waals surface area contributed by atoms with Crippen molar-refractivity contribution >= 4 is 27.2 Å². The van der Waals surface area contributed by atoms with E-state index in [0.717, 1.165) is 0 Å². The molecule has 0 aliphatic rings. The van der Waals surface area contributed by atoms with Gasteiger partial charge in [0.25, 0.3) is 10.1 Å². The summed E-state index contributed by atoms with van der Waals surface area (Å²) < 4.78 is 74.1. The van der Waals surface area contributed by atoms with Gasteiger partial charge in [0.1, 0.15) is 6.61 Å². The molecule has 10 nitrogen and oxygen atoms in total. The molecule has 0 saturated heterocycles. The number of rotatable bonds is 13. The van der Waals surface area contributed by atoms with E-state index in [1.807, 2.05) is 0 Å². The average Bonchev–Trinajstić information content (AvgIpc) is 2.47. The summed E-state index contributed by atoms with van der Waals surface area (Å²) in [6.07, 6.45) is 0.208. The Hall–Kier alpha value is -0.790. The minimum absolute atomic E-state index is 0.0110. The average molecular weight is 420 g/mol. The van der Waals surface area contributed by atoms with E-state index in [1.165, 1.54) is 20.8 Å². The Labute approximate surface area is 155 Å². The van der Waals surface area contributed by atoms with Gasteiger partial charge in [-0.15, -0.1) is 5.16 Å². The highest BCUT2D eigenvalue weighted by Gasteiger charge is 2.43. The molecule has 0 aliphatic heterocycles. The van der Waals surface area contributed by atoms with Crippen LogP contribution in [-0.2, 0) is 34.3 Å². The highest BCUT2D eigenvalue weighted by Crippen LogP contribution is 2.36. The highest BCUT2D eigenvalue weighted by atomic mass is 32.3. The molecule has 0 fully saturated rings. The second-order valence-corrected chi connectivity index (χ2v) is 9.79. The van der Waals surface area contributed by atoms with Gasteiger partial charge in [-0.25, -0.2) is 4.18 Å². The molecule has 0 aromatic rings. The number of ether oxygens (including phenoxy) is 1. The van der Waals surface area contributed by atoms with Crippen molar-refractivity contribution in [1.29, 1.82) is 0 Å². The van der Waals surface area contributed by atoms with Crippen LogP contribution in [0, 0.1) is 5.41 Å². The zero-order chi connectivity index (χ0) is 20.9. The van der Waals surface area contributed by atoms with Crippen molar-refractivity contribution < 1.29 is 39.7 Å². The zero-order valence-corrected chi connectivity index (χ0v) is 17.4. The lowest BCUT2D eigenvalue weighted by Crippen LogP contribution is -2.45. The van der Waals surface area contributed by atoms with Crippen LogP contribution in [0.1, 0.15) is 53.9 Å². The SMILES string of the molecule is C=NOCC(C)(COC(C)(CC)S(=O)(=O)O)CC(C)(CC)OS(=O)(=O)O. The Bertz CT molecular complexity index is 679. The van der Waals surface area contributed by atoms with Gasteiger partial charge in [-0.05, 0) is 33.1 Å². The maximum Gasteiger partial charge on any atom is 0.397 e. The van der Waals surface area contributed by atoms with Crippen LogP contribution in [0.15, 0.2) is 5.16 Å². The minimum atomic E-state index is -4.71. The normalized spacial score (nSPS) is 19.8. The molecule has 156 valence electrons. The van der Waals surface area contributed by atoms with Gasteiger partial charge in [-0.2, -0.15) is 16.8 Å². The second kappa shape index (κ2) is 8.93. The van der Waals surface area contributed by atoms with Crippen LogP contribution in [-0.4, -0.2) is 56.4 Å². The van der Waals surface area contributed by atoms with Crippen molar-refractivity contribution in [1.82, 2.24) is 0 Å². The van der Waals surface area contributed by atoms with E-state index >= 15 is 0 Å². The van der Waals surface area contributed by atoms with Gasteiger partial charge in [0.05, 0.1) is 12.2 Å². The topological polar surface area (TPSA) is 149 Å². The first-order chi connectivity index (χ1) is 11.6. The Morgan fingerprint density at radius 1 is 1.00 bits per heavy atom. The first-order valence-electron chi connectivity index (χ1n) is 7.92. The van der Waals surface area contributed by atoms with Crippen molar-refractivity contribution in [3.8, 4) is 0 Å². The molecular weight excluding hydrogens is 390 g/mol. The van der Waals surface area contributed by atoms with Gasteiger partial charge < -0.3 is 9.57 Å². The standard InChI is InChI=1S/C14H29NO9S2/c1-7-13(4,24-26(19,20)21)9-12(3,11-23-15-6)10-22-14(5,8-2)25(16,17)18/h6-11H2,1-5H3,(H,16,17,18)(H,19,20,21). The van der Waals surface area contributed by atoms with E-state index < -0.39 is 36.5 Å². The fourth-order valence-electron chi connectivity index (χ4n) is 2.40. The first-order valence-corrected chi connectivity index (χ1v) is 10.7. The Kier molecular flexibility index (Phi) is 8.66. The molecule has 0 heterocycles. The van der Waals surface area contributed by atoms with Gasteiger partial charge >= 0.3 is 10.4 Å². The summed E-state index contributed by atoms with van der Waals surface area (Å²) in [5, 5.41) is 3.28. The van der Waals surface area contributed by atoms with Crippen molar-refractivity contribution in [2.75, 3.05) is 13.2 Å². The molecule has 3 atom stereocenters. The summed E-state index contributed by atoms with van der Waals surface area (Å²) in [5.41, 5.74) is -2.28. The fourth-order valence-corrected chi connectivity index (χ4v) is 3.66. The lowest BCUT2D eigenvalue weighted by molar-refractivity contribution is -0.0858. The van der Waals surface area contributed by atoms with Crippen LogP contribution < -0.4 is 0 Å². The summed E-state index contributed by atoms with van der Waals surface area (Å²) in [7, 11) is -9.21. The van der Waals surface area contributed by atoms with Crippen molar-refractivity contribution in [2.24, 2.45) is 10.6 Å². The number of oxime groups is 1. The number of hydrogen-bond acceptors (Lipinski definition) is 8. The monoisotopic (exact) mass is 419 g/mol. The molecule has 0 saturated carbocycles. The van der Waals surface area contributed by atoms with E-state index in [9.17, 15) is 21.4 Å². The molecule has 0 aromatic carbocycles. The molecule has 0 bridgehead atoms. The van der Waals surface area contributed by atoms with E-state index in [-0.39, 0.29) is 32.5 Å². The second-order valence-electron chi connectivity index (χ2n) is 6.96. The van der Waals surface area contributed by atoms with Crippen molar-refractivity contribution in [3.63, 3.8) is 0 Å². The summed E-state index contributed by atoms with van der Waals surface area (Å²) in [5.74, 6) is 0. The van der Waals surface area contributed by atoms with Crippen LogP contribution in [0.5, 0.6) is 0 Å². The molecule has 0 radical (unpaired) electrons. The molecular formula is C14H29NO9S2. The van der Waals surface area contributed by atoms with Crippen LogP contribution in [0.3, 0.4) is 0 Å². The Morgan fingerprint density at radius 2 is 1.54 bits per heavy atom. The van der Waals surface area contributed by atoms with Crippen LogP contribution in [0.4, 0.5) is 0 Å². The smallest absolute Gasteiger partial charge is 0.396 e. The molecule has 0 rings (SSSR count). The maximum absolute atomic E-state index is 11.6. The summed E-state index contributed by atoms with van der Waals surface area (Å²) >= 11 is 0. The van der Waals surface area contributed by atoms with E-state index in [1.54, 1.807) is 13.8 Å². The molecule has 0 amide bonds. The minimum Gasteiger partial charge on any atom is -0.396 e. The quantitative estimate of drug-likeness (QED) is 0.260. The number of nitrogens with zero attached hydrogens (tertiary/aromatic N) is 1. The Morgan fingerprint density at radius 3 is 1.88 bits per heavy atom. The van der Waals surface area contributed by atoms with Crippen molar-refractivity contribution in [2.45, 2.75) is 64.4 Å². The van der Waals surface area contributed by atoms with E-state index in [0.29, 0.717) is 0 Å². The lowest BCUT2D eigenvalue weighted by Gasteiger charge is -2.38. The maximum atomic E-state index is 11.6. The summed E-state index contributed by atoms with van der Waals surface area (Å²) in [4.78, 5) is 3.11. The largest absolute Gasteiger partial charge is 0.397 e. The van der Waals surface area contributed by atoms with E-state index in [2.05, 4.69) is 11.9 Å². The van der Waals surface area contributed by atoms with E-state index in [4.69, 9.17) is 18.3 Å². The molecule has 26 heavy (non-hydrogen) atoms. The third-order valence-corrected chi connectivity index (χ3v) is 6.38. The highest BCUT2D eigenvalue weighted by molar-refractivity contribution is 7.87.